The van der Waals surface area contributed by atoms with Crippen LogP contribution in [-0.4, -0.2) is 65.7 Å². The van der Waals surface area contributed by atoms with Gasteiger partial charge in [-0.3, -0.25) is 9.69 Å². The lowest BCUT2D eigenvalue weighted by Gasteiger charge is -2.24. The molecule has 0 aliphatic carbocycles. The summed E-state index contributed by atoms with van der Waals surface area (Å²) < 4.78 is 5.92. The molecule has 1 atom stereocenters. The number of unbranched alkanes of at least 4 members (excludes halogenated alkanes) is 1. The summed E-state index contributed by atoms with van der Waals surface area (Å²) in [6.45, 7) is 5.47. The fourth-order valence-corrected chi connectivity index (χ4v) is 5.12. The van der Waals surface area contributed by atoms with Gasteiger partial charge in [0.25, 0.3) is 0 Å². The molecular weight excluding hydrogens is 516 g/mol. The second-order valence-corrected chi connectivity index (χ2v) is 10.7. The minimum Gasteiger partial charge on any atom is -0.492 e. The number of aliphatic carboxylic acids is 1. The van der Waals surface area contributed by atoms with Gasteiger partial charge in [-0.1, -0.05) is 54.1 Å². The minimum atomic E-state index is -1.02. The zero-order chi connectivity index (χ0) is 28.9. The molecule has 0 bridgehead atoms. The van der Waals surface area contributed by atoms with Gasteiger partial charge in [-0.25, -0.2) is 9.78 Å². The highest BCUT2D eigenvalue weighted by Gasteiger charge is 2.21. The SMILES string of the molecule is Cc1cccc(CC(=O)NC(CCN(CCCCc2ccc3c(n2)NCCC3)CCOc2ccccc2)C(=O)O)c1. The van der Waals surface area contributed by atoms with E-state index in [0.717, 1.165) is 73.6 Å². The molecule has 0 saturated heterocycles. The van der Waals surface area contributed by atoms with E-state index in [9.17, 15) is 14.7 Å². The maximum absolute atomic E-state index is 12.6. The van der Waals surface area contributed by atoms with Crippen molar-refractivity contribution in [3.05, 3.63) is 89.1 Å². The Balaban J connectivity index is 1.28. The van der Waals surface area contributed by atoms with Crippen molar-refractivity contribution in [2.24, 2.45) is 0 Å². The summed E-state index contributed by atoms with van der Waals surface area (Å²) in [7, 11) is 0. The number of aromatic nitrogens is 1. The molecule has 1 aliphatic heterocycles. The van der Waals surface area contributed by atoms with E-state index in [-0.39, 0.29) is 12.3 Å². The molecule has 8 heteroatoms. The molecule has 0 radical (unpaired) electrons. The van der Waals surface area contributed by atoms with E-state index in [1.54, 1.807) is 0 Å². The summed E-state index contributed by atoms with van der Waals surface area (Å²) in [6.07, 6.45) is 5.55. The van der Waals surface area contributed by atoms with E-state index in [2.05, 4.69) is 27.7 Å². The highest BCUT2D eigenvalue weighted by molar-refractivity contribution is 5.84. The molecule has 0 saturated carbocycles. The van der Waals surface area contributed by atoms with Crippen molar-refractivity contribution in [2.45, 2.75) is 57.9 Å². The van der Waals surface area contributed by atoms with Gasteiger partial charge in [0.2, 0.25) is 5.91 Å². The van der Waals surface area contributed by atoms with Crippen molar-refractivity contribution in [2.75, 3.05) is 38.1 Å². The predicted octanol–water partition coefficient (Wildman–Crippen LogP) is 4.65. The van der Waals surface area contributed by atoms with Gasteiger partial charge in [0.15, 0.2) is 0 Å². The van der Waals surface area contributed by atoms with Crippen molar-refractivity contribution >= 4 is 17.7 Å². The number of para-hydroxylation sites is 1. The molecule has 0 spiro atoms. The number of nitrogens with one attached hydrogen (secondary N) is 2. The van der Waals surface area contributed by atoms with E-state index in [0.29, 0.717) is 26.1 Å². The van der Waals surface area contributed by atoms with Crippen LogP contribution in [0.5, 0.6) is 5.75 Å². The van der Waals surface area contributed by atoms with E-state index in [1.165, 1.54) is 5.56 Å². The number of hydrogen-bond acceptors (Lipinski definition) is 6. The predicted molar refractivity (Wildman–Crippen MR) is 161 cm³/mol. The van der Waals surface area contributed by atoms with Crippen LogP contribution < -0.4 is 15.4 Å². The molecule has 3 aromatic rings. The Morgan fingerprint density at radius 3 is 2.71 bits per heavy atom. The molecule has 1 amide bonds. The maximum atomic E-state index is 12.6. The summed E-state index contributed by atoms with van der Waals surface area (Å²) in [5.41, 5.74) is 4.33. The Hall–Kier alpha value is -3.91. The summed E-state index contributed by atoms with van der Waals surface area (Å²) in [5, 5.41) is 16.0. The van der Waals surface area contributed by atoms with E-state index in [4.69, 9.17) is 9.72 Å². The van der Waals surface area contributed by atoms with Gasteiger partial charge in [-0.2, -0.15) is 0 Å². The van der Waals surface area contributed by atoms with Crippen molar-refractivity contribution in [3.8, 4) is 5.75 Å². The highest BCUT2D eigenvalue weighted by atomic mass is 16.5. The van der Waals surface area contributed by atoms with E-state index >= 15 is 0 Å². The molecule has 3 N–H and O–H groups in total. The third kappa shape index (κ3) is 10.2. The number of nitrogens with zero attached hydrogens (tertiary/aromatic N) is 2. The lowest BCUT2D eigenvalue weighted by atomic mass is 10.1. The largest absolute Gasteiger partial charge is 0.492 e. The monoisotopic (exact) mass is 558 g/mol. The van der Waals surface area contributed by atoms with Gasteiger partial charge in [0.05, 0.1) is 6.42 Å². The number of hydrogen-bond donors (Lipinski definition) is 3. The van der Waals surface area contributed by atoms with Crippen LogP contribution in [0, 0.1) is 6.92 Å². The van der Waals surface area contributed by atoms with Crippen molar-refractivity contribution < 1.29 is 19.4 Å². The van der Waals surface area contributed by atoms with Crippen molar-refractivity contribution in [1.29, 1.82) is 0 Å². The molecule has 2 heterocycles. The number of anilines is 1. The first-order chi connectivity index (χ1) is 20.0. The van der Waals surface area contributed by atoms with Gasteiger partial charge < -0.3 is 20.5 Å². The molecule has 4 rings (SSSR count). The maximum Gasteiger partial charge on any atom is 0.326 e. The summed E-state index contributed by atoms with van der Waals surface area (Å²) >= 11 is 0. The summed E-state index contributed by atoms with van der Waals surface area (Å²) in [4.78, 5) is 31.7. The second kappa shape index (κ2) is 15.8. The van der Waals surface area contributed by atoms with Gasteiger partial charge in [0, 0.05) is 25.3 Å². The molecule has 1 aromatic heterocycles. The number of carboxylic acid groups (broad SMARTS) is 1. The van der Waals surface area contributed by atoms with Crippen LogP contribution in [0.2, 0.25) is 0 Å². The number of amides is 1. The van der Waals surface area contributed by atoms with Gasteiger partial charge >= 0.3 is 5.97 Å². The number of rotatable bonds is 16. The average molecular weight is 559 g/mol. The number of fused-ring (bicyclic) bond motifs is 1. The zero-order valence-corrected chi connectivity index (χ0v) is 24.0. The number of carbonyl (C=O) groups is 2. The van der Waals surface area contributed by atoms with Gasteiger partial charge in [0.1, 0.15) is 24.2 Å². The molecule has 0 fully saturated rings. The lowest BCUT2D eigenvalue weighted by molar-refractivity contribution is -0.142. The lowest BCUT2D eigenvalue weighted by Crippen LogP contribution is -2.44. The molecule has 8 nitrogen and oxygen atoms in total. The second-order valence-electron chi connectivity index (χ2n) is 10.7. The number of benzene rings is 2. The molecule has 2 aromatic carbocycles. The minimum absolute atomic E-state index is 0.159. The Bertz CT molecular complexity index is 1270. The molecule has 218 valence electrons. The fraction of sp³-hybridized carbons (Fsp3) is 0.424. The summed E-state index contributed by atoms with van der Waals surface area (Å²) in [5.74, 6) is 0.535. The van der Waals surface area contributed by atoms with Crippen LogP contribution >= 0.6 is 0 Å². The van der Waals surface area contributed by atoms with Crippen LogP contribution in [-0.2, 0) is 28.9 Å². The highest BCUT2D eigenvalue weighted by Crippen LogP contribution is 2.20. The Morgan fingerprint density at radius 1 is 1.05 bits per heavy atom. The first kappa shape index (κ1) is 30.1. The number of pyridine rings is 1. The van der Waals surface area contributed by atoms with Crippen molar-refractivity contribution in [3.63, 3.8) is 0 Å². The number of aryl methyl sites for hydroxylation is 3. The van der Waals surface area contributed by atoms with Crippen LogP contribution in [0.25, 0.3) is 0 Å². The standard InChI is InChI=1S/C33H42N4O4/c1-25-9-7-10-26(23-25)24-31(38)36-30(33(39)40)17-20-37(21-22-41-29-13-3-2-4-14-29)19-6-5-12-28-16-15-27-11-8-18-34-32(27)35-28/h2-4,7,9-10,13-16,23,30H,5-6,8,11-12,17-22,24H2,1H3,(H,34,35)(H,36,38)(H,39,40). The van der Waals surface area contributed by atoms with Crippen LogP contribution in [0.4, 0.5) is 5.82 Å². The topological polar surface area (TPSA) is 104 Å². The Labute approximate surface area is 243 Å². The number of ether oxygens (including phenoxy) is 1. The molecular formula is C33H42N4O4. The normalized spacial score (nSPS) is 13.2. The fourth-order valence-electron chi connectivity index (χ4n) is 5.12. The van der Waals surface area contributed by atoms with Crippen LogP contribution in [0.3, 0.4) is 0 Å². The van der Waals surface area contributed by atoms with Gasteiger partial charge in [-0.05, 0) is 81.3 Å². The Kier molecular flexibility index (Phi) is 11.6. The number of carbonyl (C=O) groups excluding carboxylic acids is 1. The average Bonchev–Trinajstić information content (AvgIpc) is 2.97. The molecule has 41 heavy (non-hydrogen) atoms. The van der Waals surface area contributed by atoms with E-state index in [1.807, 2.05) is 61.5 Å². The smallest absolute Gasteiger partial charge is 0.326 e. The quantitative estimate of drug-likeness (QED) is 0.220. The molecule has 1 unspecified atom stereocenters. The third-order valence-corrected chi connectivity index (χ3v) is 7.34. The molecule has 1 aliphatic rings. The van der Waals surface area contributed by atoms with Gasteiger partial charge in [-0.15, -0.1) is 0 Å². The summed E-state index contributed by atoms with van der Waals surface area (Å²) in [6, 6.07) is 20.8. The van der Waals surface area contributed by atoms with E-state index < -0.39 is 12.0 Å². The number of carboxylic acids is 1. The van der Waals surface area contributed by atoms with Crippen molar-refractivity contribution in [1.82, 2.24) is 15.2 Å². The first-order valence-electron chi connectivity index (χ1n) is 14.7. The van der Waals surface area contributed by atoms with Crippen LogP contribution in [0.1, 0.15) is 48.1 Å². The first-order valence-corrected chi connectivity index (χ1v) is 14.7. The third-order valence-electron chi connectivity index (χ3n) is 7.34. The van der Waals surface area contributed by atoms with Crippen LogP contribution in [0.15, 0.2) is 66.7 Å². The zero-order valence-electron chi connectivity index (χ0n) is 24.0. The Morgan fingerprint density at radius 2 is 1.90 bits per heavy atom.